The van der Waals surface area contributed by atoms with Crippen molar-refractivity contribution in [2.75, 3.05) is 13.2 Å². The lowest BCUT2D eigenvalue weighted by Crippen LogP contribution is -2.12. The first-order valence-electron chi connectivity index (χ1n) is 6.41. The number of aromatic nitrogens is 4. The quantitative estimate of drug-likeness (QED) is 0.864. The molecule has 1 aliphatic rings. The summed E-state index contributed by atoms with van der Waals surface area (Å²) >= 11 is 6.07. The predicted octanol–water partition coefficient (Wildman–Crippen LogP) is 1.71. The minimum absolute atomic E-state index is 0.0374. The van der Waals surface area contributed by atoms with Crippen molar-refractivity contribution in [2.24, 2.45) is 0 Å². The van der Waals surface area contributed by atoms with Crippen molar-refractivity contribution in [1.29, 1.82) is 0 Å². The molecule has 0 amide bonds. The number of fused-ring (bicyclic) bond motifs is 1. The third kappa shape index (κ3) is 2.31. The van der Waals surface area contributed by atoms with Crippen LogP contribution in [-0.2, 0) is 11.2 Å². The van der Waals surface area contributed by atoms with Crippen LogP contribution in [0.2, 0.25) is 5.15 Å². The predicted molar refractivity (Wildman–Crippen MR) is 70.0 cm³/mol. The van der Waals surface area contributed by atoms with E-state index in [0.717, 1.165) is 25.3 Å². The van der Waals surface area contributed by atoms with Crippen molar-refractivity contribution in [2.45, 2.75) is 31.9 Å². The Morgan fingerprint density at radius 2 is 2.37 bits per heavy atom. The highest BCUT2D eigenvalue weighted by atomic mass is 35.5. The molecule has 0 radical (unpaired) electrons. The van der Waals surface area contributed by atoms with E-state index in [4.69, 9.17) is 21.4 Å². The van der Waals surface area contributed by atoms with Crippen LogP contribution in [0.4, 0.5) is 0 Å². The maximum absolute atomic E-state index is 8.99. The van der Waals surface area contributed by atoms with Crippen LogP contribution in [0.5, 0.6) is 0 Å². The molecular formula is C12H15ClN4O2. The third-order valence-electron chi connectivity index (χ3n) is 3.26. The lowest BCUT2D eigenvalue weighted by atomic mass is 10.3. The standard InChI is InChI=1S/C12H15ClN4O2/c13-11-10-12(15-7-14-11)17(9-4-2-6-19-9)8(16-10)3-1-5-18/h7,9,18H,1-6H2. The second kappa shape index (κ2) is 5.40. The Morgan fingerprint density at radius 3 is 3.11 bits per heavy atom. The SMILES string of the molecule is OCCCc1nc2c(Cl)ncnc2n1C1CCCO1. The van der Waals surface area contributed by atoms with Gasteiger partial charge in [-0.15, -0.1) is 0 Å². The van der Waals surface area contributed by atoms with E-state index in [9.17, 15) is 0 Å². The lowest BCUT2D eigenvalue weighted by Gasteiger charge is -2.15. The number of hydrogen-bond acceptors (Lipinski definition) is 5. The topological polar surface area (TPSA) is 73.1 Å². The van der Waals surface area contributed by atoms with E-state index in [1.54, 1.807) is 0 Å². The minimum Gasteiger partial charge on any atom is -0.396 e. The van der Waals surface area contributed by atoms with Crippen LogP contribution >= 0.6 is 11.6 Å². The number of ether oxygens (including phenoxy) is 1. The molecule has 0 aromatic carbocycles. The molecule has 6 nitrogen and oxygen atoms in total. The number of aliphatic hydroxyl groups is 1. The summed E-state index contributed by atoms with van der Waals surface area (Å²) in [6.07, 6.45) is 4.70. The molecule has 1 atom stereocenters. The smallest absolute Gasteiger partial charge is 0.167 e. The molecule has 0 aliphatic carbocycles. The largest absolute Gasteiger partial charge is 0.396 e. The van der Waals surface area contributed by atoms with Crippen molar-refractivity contribution >= 4 is 22.8 Å². The van der Waals surface area contributed by atoms with Gasteiger partial charge >= 0.3 is 0 Å². The Kier molecular flexibility index (Phi) is 3.63. The molecule has 2 aromatic rings. The summed E-state index contributed by atoms with van der Waals surface area (Å²) in [4.78, 5) is 12.7. The van der Waals surface area contributed by atoms with Crippen molar-refractivity contribution < 1.29 is 9.84 Å². The fraction of sp³-hybridized carbons (Fsp3) is 0.583. The summed E-state index contributed by atoms with van der Waals surface area (Å²) in [7, 11) is 0. The molecule has 1 unspecified atom stereocenters. The van der Waals surface area contributed by atoms with E-state index < -0.39 is 0 Å². The maximum Gasteiger partial charge on any atom is 0.167 e. The van der Waals surface area contributed by atoms with Gasteiger partial charge in [0.2, 0.25) is 0 Å². The zero-order valence-electron chi connectivity index (χ0n) is 10.4. The van der Waals surface area contributed by atoms with Crippen molar-refractivity contribution in [3.63, 3.8) is 0 Å². The van der Waals surface area contributed by atoms with E-state index in [2.05, 4.69) is 15.0 Å². The van der Waals surface area contributed by atoms with Crippen molar-refractivity contribution in [3.05, 3.63) is 17.3 Å². The van der Waals surface area contributed by atoms with Crippen molar-refractivity contribution in [1.82, 2.24) is 19.5 Å². The molecule has 102 valence electrons. The summed E-state index contributed by atoms with van der Waals surface area (Å²) in [5.41, 5.74) is 1.31. The summed E-state index contributed by atoms with van der Waals surface area (Å²) in [6, 6.07) is 0. The van der Waals surface area contributed by atoms with Crippen LogP contribution < -0.4 is 0 Å². The fourth-order valence-corrected chi connectivity index (χ4v) is 2.58. The summed E-state index contributed by atoms with van der Waals surface area (Å²) in [5, 5.41) is 9.34. The van der Waals surface area contributed by atoms with Gasteiger partial charge in [-0.25, -0.2) is 15.0 Å². The minimum atomic E-state index is -0.0374. The van der Waals surface area contributed by atoms with E-state index in [-0.39, 0.29) is 12.8 Å². The molecule has 0 bridgehead atoms. The summed E-state index contributed by atoms with van der Waals surface area (Å²) in [6.45, 7) is 0.886. The van der Waals surface area contributed by atoms with Gasteiger partial charge in [0.05, 0.1) is 0 Å². The van der Waals surface area contributed by atoms with Crippen LogP contribution in [-0.4, -0.2) is 37.8 Å². The molecule has 0 saturated carbocycles. The van der Waals surface area contributed by atoms with E-state index >= 15 is 0 Å². The molecule has 7 heteroatoms. The van der Waals surface area contributed by atoms with Gasteiger partial charge in [-0.1, -0.05) is 11.6 Å². The molecular weight excluding hydrogens is 268 g/mol. The number of rotatable bonds is 4. The number of nitrogens with zero attached hydrogens (tertiary/aromatic N) is 4. The molecule has 0 spiro atoms. The summed E-state index contributed by atoms with van der Waals surface area (Å²) < 4.78 is 7.71. The second-order valence-electron chi connectivity index (χ2n) is 4.53. The number of halogens is 1. The average molecular weight is 283 g/mol. The third-order valence-corrected chi connectivity index (χ3v) is 3.53. The Bertz CT molecular complexity index is 580. The van der Waals surface area contributed by atoms with Gasteiger partial charge < -0.3 is 9.84 Å². The molecule has 3 rings (SSSR count). The summed E-state index contributed by atoms with van der Waals surface area (Å²) in [5.74, 6) is 0.846. The molecule has 2 aromatic heterocycles. The first kappa shape index (κ1) is 12.8. The second-order valence-corrected chi connectivity index (χ2v) is 4.89. The van der Waals surface area contributed by atoms with E-state index in [0.29, 0.717) is 29.2 Å². The molecule has 1 fully saturated rings. The van der Waals surface area contributed by atoms with Crippen LogP contribution in [0.15, 0.2) is 6.33 Å². The average Bonchev–Trinajstić information content (AvgIpc) is 3.03. The Balaban J connectivity index is 2.10. The van der Waals surface area contributed by atoms with Gasteiger partial charge in [0.15, 0.2) is 10.8 Å². The highest BCUT2D eigenvalue weighted by Crippen LogP contribution is 2.30. The van der Waals surface area contributed by atoms with E-state index in [1.165, 1.54) is 6.33 Å². The van der Waals surface area contributed by atoms with Crippen LogP contribution in [0.25, 0.3) is 11.2 Å². The zero-order valence-corrected chi connectivity index (χ0v) is 11.2. The van der Waals surface area contributed by atoms with E-state index in [1.807, 2.05) is 4.57 Å². The van der Waals surface area contributed by atoms with Crippen LogP contribution in [0.3, 0.4) is 0 Å². The molecule has 1 N–H and O–H groups in total. The molecule has 19 heavy (non-hydrogen) atoms. The number of imidazole rings is 1. The lowest BCUT2D eigenvalue weighted by molar-refractivity contribution is 0.0569. The molecule has 1 aliphatic heterocycles. The fourth-order valence-electron chi connectivity index (χ4n) is 2.41. The van der Waals surface area contributed by atoms with Gasteiger partial charge in [0, 0.05) is 19.6 Å². The monoisotopic (exact) mass is 282 g/mol. The highest BCUT2D eigenvalue weighted by Gasteiger charge is 2.24. The van der Waals surface area contributed by atoms with Gasteiger partial charge in [-0.05, 0) is 19.3 Å². The number of hydrogen-bond donors (Lipinski definition) is 1. The first-order chi connectivity index (χ1) is 9.31. The van der Waals surface area contributed by atoms with Gasteiger partial charge in [-0.2, -0.15) is 0 Å². The van der Waals surface area contributed by atoms with Gasteiger partial charge in [0.1, 0.15) is 23.9 Å². The maximum atomic E-state index is 8.99. The Hall–Kier alpha value is -1.24. The number of aliphatic hydroxyl groups excluding tert-OH is 1. The van der Waals surface area contributed by atoms with Gasteiger partial charge in [0.25, 0.3) is 0 Å². The zero-order chi connectivity index (χ0) is 13.2. The van der Waals surface area contributed by atoms with Crippen LogP contribution in [0, 0.1) is 0 Å². The molecule has 1 saturated heterocycles. The molecule has 3 heterocycles. The van der Waals surface area contributed by atoms with Crippen LogP contribution in [0.1, 0.15) is 31.3 Å². The Morgan fingerprint density at radius 1 is 1.47 bits per heavy atom. The van der Waals surface area contributed by atoms with Gasteiger partial charge in [-0.3, -0.25) is 4.57 Å². The normalized spacial score (nSPS) is 19.4. The highest BCUT2D eigenvalue weighted by molar-refractivity contribution is 6.33. The first-order valence-corrected chi connectivity index (χ1v) is 6.79. The number of aryl methyl sites for hydroxylation is 1. The van der Waals surface area contributed by atoms with Crippen molar-refractivity contribution in [3.8, 4) is 0 Å². The Labute approximate surface area is 115 Å².